The number of piperidine rings is 1. The number of halogens is 3. The summed E-state index contributed by atoms with van der Waals surface area (Å²) in [6.07, 6.45) is 0.716. The Balaban J connectivity index is 1.30. The second kappa shape index (κ2) is 11.2. The minimum absolute atomic E-state index is 0.0779. The van der Waals surface area contributed by atoms with Crippen molar-refractivity contribution in [1.29, 1.82) is 0 Å². The zero-order chi connectivity index (χ0) is 28.5. The van der Waals surface area contributed by atoms with Crippen LogP contribution in [0.1, 0.15) is 40.0 Å². The van der Waals surface area contributed by atoms with Crippen molar-refractivity contribution in [2.24, 2.45) is 5.92 Å². The standard InChI is InChI=1S/C28H36F3N3O4Si/c1-28(2,3)39(4,5)37-13-10-24-27(36)33-22-14-18(6-7-23(22)38-24)32-26(35)17-8-11-34(12-9-17)19-15-20(29)25(31)21(30)16-19/h6-7,14-17,24H,8-13H2,1-5H3,(H,32,35)(H,33,36). The maximum atomic E-state index is 13.6. The number of anilines is 3. The summed E-state index contributed by atoms with van der Waals surface area (Å²) >= 11 is 0. The largest absolute Gasteiger partial charge is 0.478 e. The van der Waals surface area contributed by atoms with E-state index < -0.39 is 31.9 Å². The van der Waals surface area contributed by atoms with Crippen LogP contribution in [0.25, 0.3) is 0 Å². The van der Waals surface area contributed by atoms with E-state index >= 15 is 0 Å². The van der Waals surface area contributed by atoms with E-state index in [-0.39, 0.29) is 28.5 Å². The van der Waals surface area contributed by atoms with E-state index in [1.807, 2.05) is 0 Å². The second-order valence-corrected chi connectivity index (χ2v) is 16.5. The van der Waals surface area contributed by atoms with E-state index in [9.17, 15) is 22.8 Å². The predicted octanol–water partition coefficient (Wildman–Crippen LogP) is 6.07. The number of hydrogen-bond donors (Lipinski definition) is 2. The molecule has 1 saturated heterocycles. The molecule has 0 aliphatic carbocycles. The van der Waals surface area contributed by atoms with Gasteiger partial charge in [0.1, 0.15) is 5.75 Å². The van der Waals surface area contributed by atoms with Gasteiger partial charge in [0, 0.05) is 55.5 Å². The molecule has 39 heavy (non-hydrogen) atoms. The molecule has 2 heterocycles. The van der Waals surface area contributed by atoms with Crippen molar-refractivity contribution in [2.45, 2.75) is 64.3 Å². The van der Waals surface area contributed by atoms with Crippen molar-refractivity contribution in [3.05, 3.63) is 47.8 Å². The third kappa shape index (κ3) is 6.58. The quantitative estimate of drug-likeness (QED) is 0.316. The van der Waals surface area contributed by atoms with Gasteiger partial charge < -0.3 is 24.7 Å². The van der Waals surface area contributed by atoms with Gasteiger partial charge in [0.05, 0.1) is 5.69 Å². The van der Waals surface area contributed by atoms with Gasteiger partial charge in [-0.25, -0.2) is 13.2 Å². The molecule has 2 aromatic carbocycles. The Labute approximate surface area is 228 Å². The first-order valence-electron chi connectivity index (χ1n) is 13.2. The first kappa shape index (κ1) is 28.9. The van der Waals surface area contributed by atoms with Crippen LogP contribution >= 0.6 is 0 Å². The second-order valence-electron chi connectivity index (χ2n) is 11.7. The van der Waals surface area contributed by atoms with Gasteiger partial charge in [-0.3, -0.25) is 9.59 Å². The van der Waals surface area contributed by atoms with Gasteiger partial charge in [-0.05, 0) is 49.2 Å². The lowest BCUT2D eigenvalue weighted by atomic mass is 9.95. The van der Waals surface area contributed by atoms with E-state index in [0.717, 1.165) is 12.1 Å². The van der Waals surface area contributed by atoms with Crippen LogP contribution in [0.4, 0.5) is 30.2 Å². The van der Waals surface area contributed by atoms with Gasteiger partial charge >= 0.3 is 0 Å². The molecular weight excluding hydrogens is 527 g/mol. The highest BCUT2D eigenvalue weighted by molar-refractivity contribution is 6.74. The zero-order valence-electron chi connectivity index (χ0n) is 23.0. The molecule has 1 unspecified atom stereocenters. The van der Waals surface area contributed by atoms with Crippen molar-refractivity contribution in [2.75, 3.05) is 35.2 Å². The molecule has 2 aliphatic rings. The van der Waals surface area contributed by atoms with Gasteiger partial charge in [0.2, 0.25) is 5.91 Å². The van der Waals surface area contributed by atoms with Gasteiger partial charge in [-0.2, -0.15) is 0 Å². The van der Waals surface area contributed by atoms with Crippen LogP contribution in [0.15, 0.2) is 30.3 Å². The summed E-state index contributed by atoms with van der Waals surface area (Å²) in [5.41, 5.74) is 1.25. The SMILES string of the molecule is CC(C)(C)[Si](C)(C)OCCC1Oc2ccc(NC(=O)C3CCN(c4cc(F)c(F)c(F)c4)CC3)cc2NC1=O. The number of nitrogens with zero attached hydrogens (tertiary/aromatic N) is 1. The minimum atomic E-state index is -1.92. The van der Waals surface area contributed by atoms with Crippen molar-refractivity contribution < 1.29 is 31.9 Å². The molecule has 1 atom stereocenters. The number of amides is 2. The van der Waals surface area contributed by atoms with Crippen LogP contribution in [-0.2, 0) is 14.0 Å². The van der Waals surface area contributed by atoms with E-state index in [0.29, 0.717) is 56.1 Å². The normalized spacial score (nSPS) is 18.3. The molecule has 11 heteroatoms. The number of ether oxygens (including phenoxy) is 1. The Bertz CT molecular complexity index is 1220. The number of carbonyl (C=O) groups is 2. The molecule has 2 aromatic rings. The summed E-state index contributed by atoms with van der Waals surface area (Å²) in [7, 11) is -1.92. The number of fused-ring (bicyclic) bond motifs is 1. The lowest BCUT2D eigenvalue weighted by molar-refractivity contribution is -0.124. The number of rotatable bonds is 7. The number of carbonyl (C=O) groups excluding carboxylic acids is 2. The van der Waals surface area contributed by atoms with Crippen LogP contribution < -0.4 is 20.3 Å². The molecule has 7 nitrogen and oxygen atoms in total. The van der Waals surface area contributed by atoms with Crippen LogP contribution in [-0.4, -0.2) is 45.9 Å². The predicted molar refractivity (Wildman–Crippen MR) is 147 cm³/mol. The average Bonchev–Trinajstić information content (AvgIpc) is 2.86. The Hall–Kier alpha value is -3.05. The maximum Gasteiger partial charge on any atom is 0.265 e. The number of hydrogen-bond acceptors (Lipinski definition) is 5. The first-order valence-corrected chi connectivity index (χ1v) is 16.1. The molecule has 2 amide bonds. The Morgan fingerprint density at radius 1 is 1.13 bits per heavy atom. The summed E-state index contributed by atoms with van der Waals surface area (Å²) in [4.78, 5) is 27.3. The lowest BCUT2D eigenvalue weighted by Gasteiger charge is -2.36. The van der Waals surface area contributed by atoms with Gasteiger partial charge in [-0.15, -0.1) is 0 Å². The van der Waals surface area contributed by atoms with Crippen molar-refractivity contribution in [3.8, 4) is 5.75 Å². The fraction of sp³-hybridized carbons (Fsp3) is 0.500. The molecule has 2 N–H and O–H groups in total. The summed E-state index contributed by atoms with van der Waals surface area (Å²) in [6.45, 7) is 12.1. The third-order valence-electron chi connectivity index (χ3n) is 7.92. The Morgan fingerprint density at radius 3 is 2.38 bits per heavy atom. The van der Waals surface area contributed by atoms with E-state index in [1.54, 1.807) is 23.1 Å². The smallest absolute Gasteiger partial charge is 0.265 e. The molecule has 2 aliphatic heterocycles. The number of benzene rings is 2. The average molecular weight is 564 g/mol. The van der Waals surface area contributed by atoms with Crippen LogP contribution in [0.3, 0.4) is 0 Å². The summed E-state index contributed by atoms with van der Waals surface area (Å²) < 4.78 is 52.6. The molecule has 4 rings (SSSR count). The van der Waals surface area contributed by atoms with Crippen molar-refractivity contribution in [3.63, 3.8) is 0 Å². The van der Waals surface area contributed by atoms with Gasteiger partial charge in [0.15, 0.2) is 31.9 Å². The van der Waals surface area contributed by atoms with Gasteiger partial charge in [0.25, 0.3) is 5.91 Å². The lowest BCUT2D eigenvalue weighted by Crippen LogP contribution is -2.43. The van der Waals surface area contributed by atoms with E-state index in [2.05, 4.69) is 44.5 Å². The monoisotopic (exact) mass is 563 g/mol. The summed E-state index contributed by atoms with van der Waals surface area (Å²) in [6, 6.07) is 7.03. The molecule has 212 valence electrons. The van der Waals surface area contributed by atoms with Crippen LogP contribution in [0, 0.1) is 23.4 Å². The fourth-order valence-corrected chi connectivity index (χ4v) is 5.49. The first-order chi connectivity index (χ1) is 18.2. The third-order valence-corrected chi connectivity index (χ3v) is 12.5. The van der Waals surface area contributed by atoms with Crippen LogP contribution in [0.5, 0.6) is 5.75 Å². The van der Waals surface area contributed by atoms with Gasteiger partial charge in [-0.1, -0.05) is 20.8 Å². The summed E-state index contributed by atoms with van der Waals surface area (Å²) in [5.74, 6) is -4.19. The number of nitrogens with one attached hydrogen (secondary N) is 2. The topological polar surface area (TPSA) is 79.9 Å². The highest BCUT2D eigenvalue weighted by atomic mass is 28.4. The molecule has 0 aromatic heterocycles. The van der Waals surface area contributed by atoms with Crippen molar-refractivity contribution >= 4 is 37.2 Å². The van der Waals surface area contributed by atoms with E-state index in [1.165, 1.54) is 0 Å². The Kier molecular flexibility index (Phi) is 8.32. The van der Waals surface area contributed by atoms with Crippen molar-refractivity contribution in [1.82, 2.24) is 0 Å². The highest BCUT2D eigenvalue weighted by Gasteiger charge is 2.38. The minimum Gasteiger partial charge on any atom is -0.478 e. The molecule has 0 bridgehead atoms. The van der Waals surface area contributed by atoms with E-state index in [4.69, 9.17) is 9.16 Å². The Morgan fingerprint density at radius 2 is 1.77 bits per heavy atom. The molecule has 1 fully saturated rings. The molecule has 0 spiro atoms. The van der Waals surface area contributed by atoms with Crippen LogP contribution in [0.2, 0.25) is 18.1 Å². The molecule has 0 saturated carbocycles. The molecular formula is C28H36F3N3O4Si. The molecule has 0 radical (unpaired) electrons. The fourth-order valence-electron chi connectivity index (χ4n) is 4.42. The highest BCUT2D eigenvalue weighted by Crippen LogP contribution is 2.37. The zero-order valence-corrected chi connectivity index (χ0v) is 24.0. The maximum absolute atomic E-state index is 13.6. The summed E-state index contributed by atoms with van der Waals surface area (Å²) in [5, 5.41) is 5.83.